The summed E-state index contributed by atoms with van der Waals surface area (Å²) in [7, 11) is 0. The van der Waals surface area contributed by atoms with E-state index in [1.807, 2.05) is 18.2 Å². The zero-order valence-electron chi connectivity index (χ0n) is 16.2. The van der Waals surface area contributed by atoms with Gasteiger partial charge >= 0.3 is 5.97 Å². The maximum atomic E-state index is 12.5. The van der Waals surface area contributed by atoms with Gasteiger partial charge in [-0.15, -0.1) is 0 Å². The van der Waals surface area contributed by atoms with E-state index in [1.165, 1.54) is 6.08 Å². The molecule has 0 bridgehead atoms. The Labute approximate surface area is 198 Å². The molecule has 2 aromatic carbocycles. The van der Waals surface area contributed by atoms with Gasteiger partial charge in [-0.2, -0.15) is 0 Å². The Hall–Kier alpha value is -2.19. The number of carbonyl (C=O) groups excluding carboxylic acids is 3. The largest absolute Gasteiger partial charge is 0.486 e. The molecule has 0 radical (unpaired) electrons. The number of hydrogen-bond acceptors (Lipinski definition) is 6. The summed E-state index contributed by atoms with van der Waals surface area (Å²) in [5.41, 5.74) is 1.28. The standard InChI is InChI=1S/C21H16Cl3NO5S/c1-2-29-18(26)10-25-20(27)17(31-21(25)28)9-12-7-15(23)19(16(24)8-12)30-11-13-5-3-4-6-14(13)22/h3-9H,2,10-11H2,1H3/b17-9+. The van der Waals surface area contributed by atoms with E-state index in [0.29, 0.717) is 10.6 Å². The number of thioether (sulfide) groups is 1. The highest BCUT2D eigenvalue weighted by atomic mass is 35.5. The van der Waals surface area contributed by atoms with Crippen LogP contribution in [0.1, 0.15) is 18.1 Å². The Morgan fingerprint density at radius 2 is 1.77 bits per heavy atom. The smallest absolute Gasteiger partial charge is 0.326 e. The highest BCUT2D eigenvalue weighted by Crippen LogP contribution is 2.38. The molecule has 1 heterocycles. The molecule has 0 saturated carbocycles. The molecule has 31 heavy (non-hydrogen) atoms. The molecule has 2 amide bonds. The first kappa shape index (κ1) is 23.5. The predicted octanol–water partition coefficient (Wildman–Crippen LogP) is 5.83. The van der Waals surface area contributed by atoms with E-state index in [4.69, 9.17) is 44.3 Å². The zero-order valence-corrected chi connectivity index (χ0v) is 19.3. The average molecular weight is 501 g/mol. The van der Waals surface area contributed by atoms with Crippen LogP contribution >= 0.6 is 46.6 Å². The molecule has 0 N–H and O–H groups in total. The molecular formula is C21H16Cl3NO5S. The number of benzene rings is 2. The predicted molar refractivity (Wildman–Crippen MR) is 122 cm³/mol. The molecule has 0 aromatic heterocycles. The van der Waals surface area contributed by atoms with Crippen LogP contribution in [0.2, 0.25) is 15.1 Å². The lowest BCUT2D eigenvalue weighted by Crippen LogP contribution is -2.34. The summed E-state index contributed by atoms with van der Waals surface area (Å²) >= 11 is 19.5. The number of esters is 1. The number of carbonyl (C=O) groups is 3. The second kappa shape index (κ2) is 10.4. The van der Waals surface area contributed by atoms with Crippen LogP contribution in [-0.2, 0) is 20.9 Å². The lowest BCUT2D eigenvalue weighted by molar-refractivity contribution is -0.145. The minimum Gasteiger partial charge on any atom is -0.486 e. The van der Waals surface area contributed by atoms with Gasteiger partial charge in [-0.3, -0.25) is 19.3 Å². The summed E-state index contributed by atoms with van der Waals surface area (Å²) in [5, 5.41) is 0.471. The average Bonchev–Trinajstić information content (AvgIpc) is 2.96. The van der Waals surface area contributed by atoms with Gasteiger partial charge in [-0.05, 0) is 48.5 Å². The molecule has 0 unspecified atom stereocenters. The van der Waals surface area contributed by atoms with Crippen LogP contribution in [0.25, 0.3) is 6.08 Å². The van der Waals surface area contributed by atoms with Gasteiger partial charge in [0.2, 0.25) is 0 Å². The summed E-state index contributed by atoms with van der Waals surface area (Å²) in [6.07, 6.45) is 1.48. The molecule has 0 aliphatic carbocycles. The molecule has 0 spiro atoms. The van der Waals surface area contributed by atoms with E-state index in [-0.39, 0.29) is 33.9 Å². The molecular weight excluding hydrogens is 485 g/mol. The summed E-state index contributed by atoms with van der Waals surface area (Å²) in [6, 6.07) is 10.4. The van der Waals surface area contributed by atoms with Crippen LogP contribution in [0.5, 0.6) is 5.75 Å². The van der Waals surface area contributed by atoms with Gasteiger partial charge in [-0.1, -0.05) is 53.0 Å². The monoisotopic (exact) mass is 499 g/mol. The minimum absolute atomic E-state index is 0.145. The third kappa shape index (κ3) is 5.74. The Morgan fingerprint density at radius 1 is 1.10 bits per heavy atom. The molecule has 1 fully saturated rings. The third-order valence-corrected chi connectivity index (χ3v) is 5.95. The normalized spacial score (nSPS) is 15.0. The summed E-state index contributed by atoms with van der Waals surface area (Å²) < 4.78 is 10.5. The quantitative estimate of drug-likeness (QED) is 0.352. The van der Waals surface area contributed by atoms with Crippen molar-refractivity contribution in [1.29, 1.82) is 0 Å². The molecule has 1 saturated heterocycles. The van der Waals surface area contributed by atoms with Crippen LogP contribution in [-0.4, -0.2) is 35.2 Å². The van der Waals surface area contributed by atoms with Crippen molar-refractivity contribution in [2.24, 2.45) is 0 Å². The van der Waals surface area contributed by atoms with Crippen molar-refractivity contribution in [1.82, 2.24) is 4.90 Å². The van der Waals surface area contributed by atoms with Crippen molar-refractivity contribution in [3.63, 3.8) is 0 Å². The van der Waals surface area contributed by atoms with E-state index >= 15 is 0 Å². The number of imide groups is 1. The first-order chi connectivity index (χ1) is 14.8. The number of rotatable bonds is 7. The number of nitrogens with zero attached hydrogens (tertiary/aromatic N) is 1. The van der Waals surface area contributed by atoms with E-state index in [0.717, 1.165) is 22.2 Å². The number of ether oxygens (including phenoxy) is 2. The van der Waals surface area contributed by atoms with Gasteiger partial charge < -0.3 is 9.47 Å². The Balaban J connectivity index is 1.76. The molecule has 2 aromatic rings. The highest BCUT2D eigenvalue weighted by molar-refractivity contribution is 8.18. The molecule has 1 aliphatic rings. The van der Waals surface area contributed by atoms with E-state index in [2.05, 4.69) is 0 Å². The molecule has 1 aliphatic heterocycles. The summed E-state index contributed by atoms with van der Waals surface area (Å²) in [5.74, 6) is -0.970. The number of halogens is 3. The Kier molecular flexibility index (Phi) is 7.89. The molecule has 3 rings (SSSR count). The second-order valence-electron chi connectivity index (χ2n) is 6.27. The fourth-order valence-corrected chi connectivity index (χ4v) is 4.33. The van der Waals surface area contributed by atoms with E-state index in [1.54, 1.807) is 25.1 Å². The number of amides is 2. The minimum atomic E-state index is -0.655. The van der Waals surface area contributed by atoms with E-state index in [9.17, 15) is 14.4 Å². The van der Waals surface area contributed by atoms with Crippen molar-refractivity contribution in [3.05, 3.63) is 67.5 Å². The molecule has 10 heteroatoms. The third-order valence-electron chi connectivity index (χ3n) is 4.11. The van der Waals surface area contributed by atoms with Crippen LogP contribution in [0.15, 0.2) is 41.3 Å². The first-order valence-corrected chi connectivity index (χ1v) is 11.0. The van der Waals surface area contributed by atoms with Crippen molar-refractivity contribution < 1.29 is 23.9 Å². The van der Waals surface area contributed by atoms with Crippen LogP contribution in [0, 0.1) is 0 Å². The highest BCUT2D eigenvalue weighted by Gasteiger charge is 2.36. The van der Waals surface area contributed by atoms with Gasteiger partial charge in [0, 0.05) is 10.6 Å². The maximum absolute atomic E-state index is 12.5. The van der Waals surface area contributed by atoms with Gasteiger partial charge in [0.05, 0.1) is 21.6 Å². The molecule has 162 valence electrons. The topological polar surface area (TPSA) is 72.9 Å². The van der Waals surface area contributed by atoms with Crippen LogP contribution in [0.3, 0.4) is 0 Å². The number of hydrogen-bond donors (Lipinski definition) is 0. The zero-order chi connectivity index (χ0) is 22.5. The van der Waals surface area contributed by atoms with Crippen molar-refractivity contribution in [3.8, 4) is 5.75 Å². The Morgan fingerprint density at radius 3 is 2.42 bits per heavy atom. The van der Waals surface area contributed by atoms with Gasteiger partial charge in [0.1, 0.15) is 13.2 Å². The summed E-state index contributed by atoms with van der Waals surface area (Å²) in [4.78, 5) is 37.2. The maximum Gasteiger partial charge on any atom is 0.326 e. The first-order valence-electron chi connectivity index (χ1n) is 9.06. The molecule has 6 nitrogen and oxygen atoms in total. The Bertz CT molecular complexity index is 1050. The van der Waals surface area contributed by atoms with Crippen molar-refractivity contribution in [2.45, 2.75) is 13.5 Å². The SMILES string of the molecule is CCOC(=O)CN1C(=O)S/C(=C/c2cc(Cl)c(OCc3ccccc3Cl)c(Cl)c2)C1=O. The van der Waals surface area contributed by atoms with Crippen LogP contribution in [0.4, 0.5) is 4.79 Å². The van der Waals surface area contributed by atoms with Gasteiger partial charge in [-0.25, -0.2) is 0 Å². The van der Waals surface area contributed by atoms with E-state index < -0.39 is 23.7 Å². The fraction of sp³-hybridized carbons (Fsp3) is 0.190. The van der Waals surface area contributed by atoms with Gasteiger partial charge in [0.15, 0.2) is 5.75 Å². The van der Waals surface area contributed by atoms with Crippen molar-refractivity contribution in [2.75, 3.05) is 13.2 Å². The fourth-order valence-electron chi connectivity index (χ4n) is 2.69. The summed E-state index contributed by atoms with van der Waals surface area (Å²) in [6.45, 7) is 1.53. The van der Waals surface area contributed by atoms with Crippen LogP contribution < -0.4 is 4.74 Å². The molecule has 0 atom stereocenters. The van der Waals surface area contributed by atoms with Crippen molar-refractivity contribution >= 4 is 69.8 Å². The second-order valence-corrected chi connectivity index (χ2v) is 8.48. The van der Waals surface area contributed by atoms with Gasteiger partial charge in [0.25, 0.3) is 11.1 Å². The lowest BCUT2D eigenvalue weighted by Gasteiger charge is -2.12. The lowest BCUT2D eigenvalue weighted by atomic mass is 10.2.